The molecule has 0 spiro atoms. The van der Waals surface area contributed by atoms with Gasteiger partial charge in [0.2, 0.25) is 0 Å². The number of nitrogen functional groups attached to an aromatic ring is 1. The second kappa shape index (κ2) is 9.61. The van der Waals surface area contributed by atoms with Crippen molar-refractivity contribution >= 4 is 28.6 Å². The van der Waals surface area contributed by atoms with E-state index in [0.29, 0.717) is 16.6 Å². The van der Waals surface area contributed by atoms with Crippen LogP contribution < -0.4 is 11.4 Å². The van der Waals surface area contributed by atoms with Crippen LogP contribution in [0.3, 0.4) is 0 Å². The maximum absolute atomic E-state index is 13.3. The van der Waals surface area contributed by atoms with Crippen molar-refractivity contribution in [1.82, 2.24) is 19.1 Å². The molecule has 3 aromatic rings. The highest BCUT2D eigenvalue weighted by molar-refractivity contribution is 7.99. The average Bonchev–Trinajstić information content (AvgIpc) is 3.48. The standard InChI is InChI=1S/C25H26F3N5OS/c26-25(27,28)18-10-11-20-19(14-18)30-23(16-6-2-1-3-7-16)32(20)12-4-8-17-15-33(21-9-5-13-35-21)24(34)31-22(17)29/h10-11,14-16,21H,1-3,5-7,9,12-13H2,(H2,29,31,34)/t21-/m1/s1. The second-order valence-electron chi connectivity index (χ2n) is 9.09. The summed E-state index contributed by atoms with van der Waals surface area (Å²) in [6.45, 7) is 0.254. The highest BCUT2D eigenvalue weighted by atomic mass is 32.2. The molecule has 2 aliphatic rings. The zero-order valence-electron chi connectivity index (χ0n) is 19.1. The first-order chi connectivity index (χ1) is 16.8. The Labute approximate surface area is 205 Å². The van der Waals surface area contributed by atoms with Crippen molar-refractivity contribution in [2.75, 3.05) is 11.5 Å². The van der Waals surface area contributed by atoms with Crippen LogP contribution >= 0.6 is 11.8 Å². The first-order valence-electron chi connectivity index (χ1n) is 11.9. The molecule has 1 aliphatic carbocycles. The van der Waals surface area contributed by atoms with Gasteiger partial charge in [0.05, 0.1) is 34.1 Å². The third-order valence-electron chi connectivity index (χ3n) is 6.73. The molecule has 1 saturated carbocycles. The van der Waals surface area contributed by atoms with Gasteiger partial charge in [0.1, 0.15) is 11.6 Å². The Morgan fingerprint density at radius 3 is 2.63 bits per heavy atom. The fourth-order valence-corrected chi connectivity index (χ4v) is 6.19. The van der Waals surface area contributed by atoms with Gasteiger partial charge >= 0.3 is 11.9 Å². The summed E-state index contributed by atoms with van der Waals surface area (Å²) in [7, 11) is 0. The number of benzene rings is 1. The molecule has 0 unspecified atom stereocenters. The maximum Gasteiger partial charge on any atom is 0.416 e. The summed E-state index contributed by atoms with van der Waals surface area (Å²) < 4.78 is 43.4. The van der Waals surface area contributed by atoms with E-state index in [1.54, 1.807) is 22.5 Å². The minimum absolute atomic E-state index is 0.0366. The number of halogens is 3. The summed E-state index contributed by atoms with van der Waals surface area (Å²) in [4.78, 5) is 20.9. The first-order valence-corrected chi connectivity index (χ1v) is 12.9. The van der Waals surface area contributed by atoms with Crippen LogP contribution in [0.1, 0.15) is 73.2 Å². The number of imidazole rings is 1. The molecule has 184 valence electrons. The predicted molar refractivity (Wildman–Crippen MR) is 131 cm³/mol. The van der Waals surface area contributed by atoms with E-state index in [1.807, 2.05) is 4.57 Å². The average molecular weight is 502 g/mol. The molecule has 1 aromatic carbocycles. The molecule has 2 N–H and O–H groups in total. The molecular weight excluding hydrogens is 475 g/mol. The zero-order valence-corrected chi connectivity index (χ0v) is 20.0. The van der Waals surface area contributed by atoms with Crippen molar-refractivity contribution in [3.8, 4) is 11.8 Å². The highest BCUT2D eigenvalue weighted by Gasteiger charge is 2.31. The SMILES string of the molecule is Nc1nc(=O)n([C@H]2CCCS2)cc1C#CCn1c(C2CCCCC2)nc2cc(C(F)(F)F)ccc21. The Kier molecular flexibility index (Phi) is 6.53. The number of rotatable bonds is 3. The lowest BCUT2D eigenvalue weighted by molar-refractivity contribution is -0.137. The number of thioether (sulfide) groups is 1. The van der Waals surface area contributed by atoms with E-state index in [4.69, 9.17) is 5.73 Å². The van der Waals surface area contributed by atoms with Crippen molar-refractivity contribution in [3.63, 3.8) is 0 Å². The van der Waals surface area contributed by atoms with Crippen molar-refractivity contribution in [2.24, 2.45) is 0 Å². The molecule has 6 nitrogen and oxygen atoms in total. The molecule has 1 atom stereocenters. The minimum atomic E-state index is -4.42. The summed E-state index contributed by atoms with van der Waals surface area (Å²) in [5.74, 6) is 8.20. The number of fused-ring (bicyclic) bond motifs is 1. The van der Waals surface area contributed by atoms with E-state index in [2.05, 4.69) is 21.8 Å². The zero-order chi connectivity index (χ0) is 24.6. The Morgan fingerprint density at radius 2 is 1.91 bits per heavy atom. The van der Waals surface area contributed by atoms with E-state index >= 15 is 0 Å². The number of nitrogens with two attached hydrogens (primary N) is 1. The van der Waals surface area contributed by atoms with Gasteiger partial charge < -0.3 is 10.3 Å². The van der Waals surface area contributed by atoms with Crippen LogP contribution in [0.5, 0.6) is 0 Å². The van der Waals surface area contributed by atoms with Gasteiger partial charge in [-0.3, -0.25) is 4.57 Å². The summed E-state index contributed by atoms with van der Waals surface area (Å²) >= 11 is 1.71. The molecule has 2 aromatic heterocycles. The quantitative estimate of drug-likeness (QED) is 0.492. The number of alkyl halides is 3. The molecule has 2 fully saturated rings. The van der Waals surface area contributed by atoms with Crippen LogP contribution in [0, 0.1) is 11.8 Å². The summed E-state index contributed by atoms with van der Waals surface area (Å²) in [6.07, 6.45) is 4.43. The van der Waals surface area contributed by atoms with Gasteiger partial charge in [-0.15, -0.1) is 11.8 Å². The van der Waals surface area contributed by atoms with Crippen LogP contribution in [0.15, 0.2) is 29.2 Å². The summed E-state index contributed by atoms with van der Waals surface area (Å²) in [5, 5.41) is 0.0366. The maximum atomic E-state index is 13.3. The predicted octanol–water partition coefficient (Wildman–Crippen LogP) is 5.32. The van der Waals surface area contributed by atoms with Gasteiger partial charge in [-0.2, -0.15) is 18.2 Å². The molecule has 3 heterocycles. The van der Waals surface area contributed by atoms with Crippen LogP contribution in [-0.2, 0) is 12.7 Å². The molecule has 0 radical (unpaired) electrons. The second-order valence-corrected chi connectivity index (χ2v) is 10.4. The Bertz CT molecular complexity index is 1360. The number of anilines is 1. The Balaban J connectivity index is 1.51. The molecule has 10 heteroatoms. The normalized spacial score (nSPS) is 19.1. The minimum Gasteiger partial charge on any atom is -0.382 e. The van der Waals surface area contributed by atoms with Gasteiger partial charge in [0.15, 0.2) is 0 Å². The van der Waals surface area contributed by atoms with E-state index < -0.39 is 11.7 Å². The Hall–Kier alpha value is -2.93. The molecular formula is C25H26F3N5OS. The Morgan fingerprint density at radius 1 is 1.11 bits per heavy atom. The monoisotopic (exact) mass is 501 g/mol. The third-order valence-corrected chi connectivity index (χ3v) is 8.10. The van der Waals surface area contributed by atoms with Crippen LogP contribution in [0.2, 0.25) is 0 Å². The van der Waals surface area contributed by atoms with E-state index in [0.717, 1.165) is 68.7 Å². The summed E-state index contributed by atoms with van der Waals surface area (Å²) in [5.41, 5.74) is 6.33. The van der Waals surface area contributed by atoms with Gasteiger partial charge in [0, 0.05) is 12.1 Å². The fourth-order valence-electron chi connectivity index (χ4n) is 4.94. The smallest absolute Gasteiger partial charge is 0.382 e. The highest BCUT2D eigenvalue weighted by Crippen LogP contribution is 2.36. The molecule has 1 saturated heterocycles. The number of aromatic nitrogens is 4. The van der Waals surface area contributed by atoms with Crippen molar-refractivity contribution in [1.29, 1.82) is 0 Å². The van der Waals surface area contributed by atoms with E-state index in [1.165, 1.54) is 6.07 Å². The van der Waals surface area contributed by atoms with Crippen molar-refractivity contribution < 1.29 is 13.2 Å². The topological polar surface area (TPSA) is 78.7 Å². The van der Waals surface area contributed by atoms with Gasteiger partial charge in [-0.05, 0) is 49.6 Å². The van der Waals surface area contributed by atoms with Crippen LogP contribution in [0.4, 0.5) is 19.0 Å². The fraction of sp³-hybridized carbons (Fsp3) is 0.480. The van der Waals surface area contributed by atoms with Crippen LogP contribution in [0.25, 0.3) is 11.0 Å². The lowest BCUT2D eigenvalue weighted by Crippen LogP contribution is -2.26. The van der Waals surface area contributed by atoms with Gasteiger partial charge in [0.25, 0.3) is 0 Å². The van der Waals surface area contributed by atoms with E-state index in [9.17, 15) is 18.0 Å². The number of hydrogen-bond donors (Lipinski definition) is 1. The molecule has 35 heavy (non-hydrogen) atoms. The van der Waals surface area contributed by atoms with E-state index in [-0.39, 0.29) is 29.3 Å². The molecule has 0 amide bonds. The molecule has 1 aliphatic heterocycles. The number of nitrogens with zero attached hydrogens (tertiary/aromatic N) is 4. The number of hydrogen-bond acceptors (Lipinski definition) is 5. The van der Waals surface area contributed by atoms with Gasteiger partial charge in [-0.25, -0.2) is 9.78 Å². The lowest BCUT2D eigenvalue weighted by atomic mass is 9.88. The largest absolute Gasteiger partial charge is 0.416 e. The molecule has 5 rings (SSSR count). The van der Waals surface area contributed by atoms with Crippen LogP contribution in [-0.4, -0.2) is 24.9 Å². The first kappa shape index (κ1) is 23.8. The van der Waals surface area contributed by atoms with Crippen molar-refractivity contribution in [3.05, 3.63) is 51.8 Å². The lowest BCUT2D eigenvalue weighted by Gasteiger charge is -2.21. The molecule has 0 bridgehead atoms. The van der Waals surface area contributed by atoms with Gasteiger partial charge in [-0.1, -0.05) is 31.1 Å². The van der Waals surface area contributed by atoms with Crippen molar-refractivity contribution in [2.45, 2.75) is 69.0 Å². The third kappa shape index (κ3) is 4.92. The summed E-state index contributed by atoms with van der Waals surface area (Å²) in [6, 6.07) is 3.69.